The summed E-state index contributed by atoms with van der Waals surface area (Å²) >= 11 is 7.55. The van der Waals surface area contributed by atoms with Crippen LogP contribution in [0.3, 0.4) is 0 Å². The molecule has 116 valence electrons. The molecule has 0 amide bonds. The molecule has 0 aliphatic rings. The molecule has 0 N–H and O–H groups in total. The average Bonchev–Trinajstić information content (AvgIpc) is 3.00. The quantitative estimate of drug-likeness (QED) is 0.498. The number of aryl methyl sites for hydroxylation is 1. The minimum absolute atomic E-state index is 0.119. The van der Waals surface area contributed by atoms with Gasteiger partial charge in [-0.15, -0.1) is 11.3 Å². The summed E-state index contributed by atoms with van der Waals surface area (Å²) in [6, 6.07) is 15.2. The van der Waals surface area contributed by atoms with E-state index in [1.807, 2.05) is 48.7 Å². The van der Waals surface area contributed by atoms with E-state index >= 15 is 0 Å². The van der Waals surface area contributed by atoms with Crippen molar-refractivity contribution < 1.29 is 9.53 Å². The highest BCUT2D eigenvalue weighted by molar-refractivity contribution is 7.13. The lowest BCUT2D eigenvalue weighted by molar-refractivity contribution is -0.133. The van der Waals surface area contributed by atoms with Crippen molar-refractivity contribution in [3.63, 3.8) is 0 Å². The summed E-state index contributed by atoms with van der Waals surface area (Å²) < 4.78 is 5.34. The largest absolute Gasteiger partial charge is 0.425 e. The molecular weight excluding hydrogens is 330 g/mol. The molecule has 2 aromatic carbocycles. The fourth-order valence-electron chi connectivity index (χ4n) is 2.10. The molecule has 3 rings (SSSR count). The first-order valence-electron chi connectivity index (χ1n) is 7.08. The Labute approximate surface area is 143 Å². The van der Waals surface area contributed by atoms with Crippen LogP contribution in [0.4, 0.5) is 0 Å². The Morgan fingerprint density at radius 2 is 2.00 bits per heavy atom. The Morgan fingerprint density at radius 1 is 1.22 bits per heavy atom. The van der Waals surface area contributed by atoms with Crippen molar-refractivity contribution in [2.24, 2.45) is 0 Å². The van der Waals surface area contributed by atoms with Gasteiger partial charge in [0.1, 0.15) is 10.8 Å². The van der Waals surface area contributed by atoms with Crippen molar-refractivity contribution in [3.8, 4) is 16.3 Å². The van der Waals surface area contributed by atoms with E-state index in [1.165, 1.54) is 11.3 Å². The molecule has 0 fully saturated rings. The van der Waals surface area contributed by atoms with E-state index in [-0.39, 0.29) is 12.4 Å². The number of thiazole rings is 1. The van der Waals surface area contributed by atoms with Gasteiger partial charge >= 0.3 is 5.97 Å². The maximum Gasteiger partial charge on any atom is 0.317 e. The minimum atomic E-state index is -0.373. The minimum Gasteiger partial charge on any atom is -0.425 e. The second-order valence-electron chi connectivity index (χ2n) is 5.09. The highest BCUT2D eigenvalue weighted by Gasteiger charge is 2.12. The number of carbonyl (C=O) groups excluding carboxylic acids is 1. The molecule has 0 radical (unpaired) electrons. The van der Waals surface area contributed by atoms with Gasteiger partial charge in [0, 0.05) is 10.9 Å². The lowest BCUT2D eigenvalue weighted by atomic mass is 10.2. The summed E-state index contributed by atoms with van der Waals surface area (Å²) in [6.45, 7) is 1.92. The van der Waals surface area contributed by atoms with Crippen LogP contribution in [0.1, 0.15) is 11.3 Å². The summed E-state index contributed by atoms with van der Waals surface area (Å²) in [5.74, 6) is 0.0117. The van der Waals surface area contributed by atoms with E-state index in [9.17, 15) is 4.79 Å². The van der Waals surface area contributed by atoms with E-state index < -0.39 is 0 Å². The topological polar surface area (TPSA) is 39.2 Å². The van der Waals surface area contributed by atoms with Crippen LogP contribution in [0.15, 0.2) is 53.9 Å². The molecule has 0 saturated carbocycles. The number of halogens is 1. The third kappa shape index (κ3) is 3.97. The molecule has 3 aromatic rings. The summed E-state index contributed by atoms with van der Waals surface area (Å²) in [6.07, 6.45) is 0.119. The van der Waals surface area contributed by atoms with Crippen LogP contribution in [-0.2, 0) is 11.2 Å². The van der Waals surface area contributed by atoms with Crippen LogP contribution in [-0.4, -0.2) is 11.0 Å². The van der Waals surface area contributed by atoms with Crippen LogP contribution < -0.4 is 4.74 Å². The SMILES string of the molecule is Cc1ccc(Cl)c(OC(=O)Cc2csc(-c3ccccc3)n2)c1. The maximum atomic E-state index is 12.1. The normalized spacial score (nSPS) is 10.5. The van der Waals surface area contributed by atoms with Gasteiger partial charge in [-0.1, -0.05) is 48.0 Å². The number of hydrogen-bond donors (Lipinski definition) is 0. The van der Waals surface area contributed by atoms with Gasteiger partial charge < -0.3 is 4.74 Å². The molecule has 0 bridgehead atoms. The lowest BCUT2D eigenvalue weighted by Crippen LogP contribution is -2.11. The monoisotopic (exact) mass is 343 g/mol. The molecule has 5 heteroatoms. The van der Waals surface area contributed by atoms with Gasteiger partial charge in [0.05, 0.1) is 17.1 Å². The lowest BCUT2D eigenvalue weighted by Gasteiger charge is -2.06. The van der Waals surface area contributed by atoms with Crippen LogP contribution in [0.2, 0.25) is 5.02 Å². The molecule has 0 spiro atoms. The number of ether oxygens (including phenoxy) is 1. The van der Waals surface area contributed by atoms with Gasteiger partial charge in [-0.2, -0.15) is 0 Å². The number of hydrogen-bond acceptors (Lipinski definition) is 4. The van der Waals surface area contributed by atoms with Crippen molar-refractivity contribution in [2.45, 2.75) is 13.3 Å². The average molecular weight is 344 g/mol. The zero-order valence-corrected chi connectivity index (χ0v) is 14.0. The van der Waals surface area contributed by atoms with E-state index in [1.54, 1.807) is 12.1 Å². The second-order valence-corrected chi connectivity index (χ2v) is 6.36. The Balaban J connectivity index is 1.69. The van der Waals surface area contributed by atoms with Gasteiger partial charge in [-0.3, -0.25) is 4.79 Å². The van der Waals surface area contributed by atoms with Crippen molar-refractivity contribution in [1.82, 2.24) is 4.98 Å². The van der Waals surface area contributed by atoms with Gasteiger partial charge in [0.15, 0.2) is 0 Å². The molecule has 0 atom stereocenters. The van der Waals surface area contributed by atoms with Crippen LogP contribution in [0.25, 0.3) is 10.6 Å². The Morgan fingerprint density at radius 3 is 2.78 bits per heavy atom. The first-order valence-corrected chi connectivity index (χ1v) is 8.34. The van der Waals surface area contributed by atoms with Gasteiger partial charge in [-0.25, -0.2) is 4.98 Å². The van der Waals surface area contributed by atoms with Gasteiger partial charge in [0.25, 0.3) is 0 Å². The van der Waals surface area contributed by atoms with E-state index in [2.05, 4.69) is 4.98 Å². The fourth-order valence-corrected chi connectivity index (χ4v) is 3.08. The van der Waals surface area contributed by atoms with Gasteiger partial charge in [-0.05, 0) is 24.6 Å². The third-order valence-electron chi connectivity index (χ3n) is 3.21. The zero-order valence-electron chi connectivity index (χ0n) is 12.5. The predicted molar refractivity (Wildman–Crippen MR) is 93.1 cm³/mol. The number of nitrogens with zero attached hydrogens (tertiary/aromatic N) is 1. The van der Waals surface area contributed by atoms with Crippen molar-refractivity contribution >= 4 is 28.9 Å². The van der Waals surface area contributed by atoms with E-state index in [4.69, 9.17) is 16.3 Å². The molecular formula is C18H14ClNO2S. The number of rotatable bonds is 4. The van der Waals surface area contributed by atoms with Crippen molar-refractivity contribution in [1.29, 1.82) is 0 Å². The molecule has 3 nitrogen and oxygen atoms in total. The fraction of sp³-hybridized carbons (Fsp3) is 0.111. The number of esters is 1. The summed E-state index contributed by atoms with van der Waals surface area (Å²) in [7, 11) is 0. The Bertz CT molecular complexity index is 830. The molecule has 23 heavy (non-hydrogen) atoms. The molecule has 1 aromatic heterocycles. The van der Waals surface area contributed by atoms with E-state index in [0.717, 1.165) is 16.1 Å². The van der Waals surface area contributed by atoms with Crippen molar-refractivity contribution in [3.05, 3.63) is 70.2 Å². The standard InChI is InChI=1S/C18H14ClNO2S/c1-12-7-8-15(19)16(9-12)22-17(21)10-14-11-23-18(20-14)13-5-3-2-4-6-13/h2-9,11H,10H2,1H3. The molecule has 0 unspecified atom stereocenters. The third-order valence-corrected chi connectivity index (χ3v) is 4.46. The zero-order chi connectivity index (χ0) is 16.2. The molecule has 0 aliphatic carbocycles. The summed E-state index contributed by atoms with van der Waals surface area (Å²) in [5, 5.41) is 3.19. The molecule has 0 saturated heterocycles. The Hall–Kier alpha value is -2.17. The van der Waals surface area contributed by atoms with Crippen LogP contribution in [0.5, 0.6) is 5.75 Å². The van der Waals surface area contributed by atoms with E-state index in [0.29, 0.717) is 16.5 Å². The number of aromatic nitrogens is 1. The first kappa shape index (κ1) is 15.7. The summed E-state index contributed by atoms with van der Waals surface area (Å²) in [4.78, 5) is 16.6. The highest BCUT2D eigenvalue weighted by Crippen LogP contribution is 2.26. The Kier molecular flexibility index (Phi) is 4.74. The highest BCUT2D eigenvalue weighted by atomic mass is 35.5. The second kappa shape index (κ2) is 6.94. The molecule has 1 heterocycles. The van der Waals surface area contributed by atoms with Crippen LogP contribution >= 0.6 is 22.9 Å². The maximum absolute atomic E-state index is 12.1. The van der Waals surface area contributed by atoms with Crippen LogP contribution in [0, 0.1) is 6.92 Å². The van der Waals surface area contributed by atoms with Crippen molar-refractivity contribution in [2.75, 3.05) is 0 Å². The first-order chi connectivity index (χ1) is 11.1. The number of carbonyl (C=O) groups is 1. The predicted octanol–water partition coefficient (Wildman–Crippen LogP) is 4.92. The molecule has 0 aliphatic heterocycles. The summed E-state index contributed by atoms with van der Waals surface area (Å²) in [5.41, 5.74) is 2.72. The van der Waals surface area contributed by atoms with Gasteiger partial charge in [0.2, 0.25) is 0 Å². The number of benzene rings is 2. The smallest absolute Gasteiger partial charge is 0.317 e.